The number of carbonyl (C=O) groups excluding carboxylic acids is 1. The average Bonchev–Trinajstić information content (AvgIpc) is 3.08. The lowest BCUT2D eigenvalue weighted by Crippen LogP contribution is -2.15. The smallest absolute Gasteiger partial charge is 0.339 e. The second kappa shape index (κ2) is 9.18. The zero-order valence-electron chi connectivity index (χ0n) is 14.6. The summed E-state index contributed by atoms with van der Waals surface area (Å²) < 4.78 is 6.78. The first-order chi connectivity index (χ1) is 13.7. The SMILES string of the molecule is COc1cc(Br)c(C(=O)Nc2scc(-c3cccc(Cl)c3)c2C(=O)O)c(Br)c1Br. The predicted molar refractivity (Wildman–Crippen MR) is 126 cm³/mol. The number of carbonyl (C=O) groups is 2. The maximum absolute atomic E-state index is 12.9. The zero-order chi connectivity index (χ0) is 21.3. The van der Waals surface area contributed by atoms with E-state index in [1.807, 2.05) is 0 Å². The van der Waals surface area contributed by atoms with Gasteiger partial charge in [0.2, 0.25) is 0 Å². The van der Waals surface area contributed by atoms with Crippen LogP contribution in [0, 0.1) is 0 Å². The van der Waals surface area contributed by atoms with Crippen molar-refractivity contribution in [2.75, 3.05) is 12.4 Å². The summed E-state index contributed by atoms with van der Waals surface area (Å²) in [6, 6.07) is 8.53. The molecule has 1 amide bonds. The molecule has 0 fully saturated rings. The van der Waals surface area contributed by atoms with Crippen molar-refractivity contribution in [2.24, 2.45) is 0 Å². The van der Waals surface area contributed by atoms with Gasteiger partial charge in [0.1, 0.15) is 16.3 Å². The molecule has 1 aromatic heterocycles. The van der Waals surface area contributed by atoms with Crippen LogP contribution in [0.5, 0.6) is 5.75 Å². The van der Waals surface area contributed by atoms with E-state index < -0.39 is 11.9 Å². The highest BCUT2D eigenvalue weighted by Crippen LogP contribution is 2.41. The van der Waals surface area contributed by atoms with Crippen molar-refractivity contribution in [1.29, 1.82) is 0 Å². The normalized spacial score (nSPS) is 10.7. The van der Waals surface area contributed by atoms with Crippen LogP contribution in [-0.2, 0) is 0 Å². The largest absolute Gasteiger partial charge is 0.495 e. The van der Waals surface area contributed by atoms with Crippen LogP contribution >= 0.6 is 70.7 Å². The van der Waals surface area contributed by atoms with Gasteiger partial charge in [-0.3, -0.25) is 4.79 Å². The van der Waals surface area contributed by atoms with Gasteiger partial charge in [-0.2, -0.15) is 0 Å². The molecule has 10 heteroatoms. The Morgan fingerprint density at radius 3 is 2.48 bits per heavy atom. The van der Waals surface area contributed by atoms with E-state index in [1.54, 1.807) is 35.7 Å². The number of aromatic carboxylic acids is 1. The fourth-order valence-electron chi connectivity index (χ4n) is 2.63. The zero-order valence-corrected chi connectivity index (χ0v) is 20.9. The van der Waals surface area contributed by atoms with Crippen LogP contribution in [0.1, 0.15) is 20.7 Å². The number of nitrogens with one attached hydrogen (secondary N) is 1. The Morgan fingerprint density at radius 1 is 1.14 bits per heavy atom. The van der Waals surface area contributed by atoms with E-state index in [9.17, 15) is 14.7 Å². The number of anilines is 1. The highest BCUT2D eigenvalue weighted by atomic mass is 79.9. The van der Waals surface area contributed by atoms with E-state index in [-0.39, 0.29) is 10.6 Å². The maximum atomic E-state index is 12.9. The standard InChI is InChI=1S/C19H11Br3ClNO4S/c1-28-12-6-11(20)14(16(22)15(12)21)17(25)24-18-13(19(26)27)10(7-29-18)8-3-2-4-9(23)5-8/h2-7H,1H3,(H,24,25)(H,26,27). The van der Waals surface area contributed by atoms with Gasteiger partial charge in [-0.1, -0.05) is 23.7 Å². The molecule has 3 aromatic rings. The number of carboxylic acids is 1. The molecule has 5 nitrogen and oxygen atoms in total. The molecule has 2 aromatic carbocycles. The van der Waals surface area contributed by atoms with E-state index in [2.05, 4.69) is 53.1 Å². The molecule has 0 saturated carbocycles. The van der Waals surface area contributed by atoms with Crippen molar-refractivity contribution in [3.8, 4) is 16.9 Å². The van der Waals surface area contributed by atoms with E-state index in [0.717, 1.165) is 11.3 Å². The Hall–Kier alpha value is -1.39. The molecule has 0 saturated heterocycles. The highest BCUT2D eigenvalue weighted by molar-refractivity contribution is 9.13. The van der Waals surface area contributed by atoms with Crippen LogP contribution in [0.25, 0.3) is 11.1 Å². The highest BCUT2D eigenvalue weighted by Gasteiger charge is 2.25. The van der Waals surface area contributed by atoms with Crippen molar-refractivity contribution in [3.05, 3.63) is 65.3 Å². The van der Waals surface area contributed by atoms with E-state index in [0.29, 0.717) is 40.9 Å². The molecule has 0 radical (unpaired) electrons. The summed E-state index contributed by atoms with van der Waals surface area (Å²) >= 11 is 17.3. The van der Waals surface area contributed by atoms with Crippen molar-refractivity contribution >= 4 is 87.6 Å². The van der Waals surface area contributed by atoms with E-state index in [4.69, 9.17) is 16.3 Å². The van der Waals surface area contributed by atoms with Gasteiger partial charge in [-0.25, -0.2) is 4.79 Å². The minimum atomic E-state index is -1.15. The molecule has 29 heavy (non-hydrogen) atoms. The second-order valence-electron chi connectivity index (χ2n) is 5.69. The fraction of sp³-hybridized carbons (Fsp3) is 0.0526. The number of rotatable bonds is 5. The molecule has 0 aliphatic carbocycles. The van der Waals surface area contributed by atoms with Crippen molar-refractivity contribution < 1.29 is 19.4 Å². The topological polar surface area (TPSA) is 75.6 Å². The van der Waals surface area contributed by atoms with Gasteiger partial charge in [-0.05, 0) is 71.6 Å². The molecule has 150 valence electrons. The summed E-state index contributed by atoms with van der Waals surface area (Å²) in [5.41, 5.74) is 1.44. The summed E-state index contributed by atoms with van der Waals surface area (Å²) in [5.74, 6) is -1.09. The number of methoxy groups -OCH3 is 1. The van der Waals surface area contributed by atoms with Crippen LogP contribution in [0.15, 0.2) is 49.1 Å². The molecule has 2 N–H and O–H groups in total. The molecule has 0 bridgehead atoms. The quantitative estimate of drug-likeness (QED) is 0.292. The first-order valence-electron chi connectivity index (χ1n) is 7.88. The Labute approximate surface area is 200 Å². The Balaban J connectivity index is 2.03. The van der Waals surface area contributed by atoms with Gasteiger partial charge in [0, 0.05) is 24.9 Å². The number of thiophene rings is 1. The van der Waals surface area contributed by atoms with Crippen LogP contribution in [-0.4, -0.2) is 24.1 Å². The first kappa shape index (κ1) is 22.3. The number of halogens is 4. The predicted octanol–water partition coefficient (Wildman–Crippen LogP) is 7.32. The number of benzene rings is 2. The molecule has 0 atom stereocenters. The Kier molecular flexibility index (Phi) is 7.06. The van der Waals surface area contributed by atoms with Gasteiger partial charge in [0.25, 0.3) is 5.91 Å². The number of hydrogen-bond donors (Lipinski definition) is 2. The molecule has 1 heterocycles. The Morgan fingerprint density at radius 2 is 1.86 bits per heavy atom. The molecule has 0 spiro atoms. The lowest BCUT2D eigenvalue weighted by molar-refractivity contribution is 0.0699. The first-order valence-corrected chi connectivity index (χ1v) is 11.5. The molecule has 0 aliphatic rings. The third-order valence-electron chi connectivity index (χ3n) is 3.94. The summed E-state index contributed by atoms with van der Waals surface area (Å²) in [7, 11) is 1.51. The summed E-state index contributed by atoms with van der Waals surface area (Å²) in [5, 5.41) is 14.9. The average molecular weight is 625 g/mol. The lowest BCUT2D eigenvalue weighted by atomic mass is 10.0. The van der Waals surface area contributed by atoms with Crippen molar-refractivity contribution in [3.63, 3.8) is 0 Å². The number of hydrogen-bond acceptors (Lipinski definition) is 4. The van der Waals surface area contributed by atoms with E-state index >= 15 is 0 Å². The molecular weight excluding hydrogens is 613 g/mol. The number of carboxylic acid groups (broad SMARTS) is 1. The monoisotopic (exact) mass is 621 g/mol. The lowest BCUT2D eigenvalue weighted by Gasteiger charge is -2.13. The van der Waals surface area contributed by atoms with Gasteiger partial charge < -0.3 is 15.2 Å². The molecule has 3 rings (SSSR count). The minimum absolute atomic E-state index is 0.00504. The second-order valence-corrected chi connectivity index (χ2v) is 9.44. The third kappa shape index (κ3) is 4.54. The molecule has 0 aliphatic heterocycles. The maximum Gasteiger partial charge on any atom is 0.339 e. The van der Waals surface area contributed by atoms with Crippen LogP contribution < -0.4 is 10.1 Å². The summed E-state index contributed by atoms with van der Waals surface area (Å²) in [6.07, 6.45) is 0. The number of amides is 1. The van der Waals surface area contributed by atoms with Crippen LogP contribution in [0.3, 0.4) is 0 Å². The van der Waals surface area contributed by atoms with Crippen molar-refractivity contribution in [2.45, 2.75) is 0 Å². The minimum Gasteiger partial charge on any atom is -0.495 e. The van der Waals surface area contributed by atoms with Crippen LogP contribution in [0.2, 0.25) is 5.02 Å². The van der Waals surface area contributed by atoms with Gasteiger partial charge in [-0.15, -0.1) is 11.3 Å². The summed E-state index contributed by atoms with van der Waals surface area (Å²) in [6.45, 7) is 0. The van der Waals surface area contributed by atoms with E-state index in [1.165, 1.54) is 7.11 Å². The van der Waals surface area contributed by atoms with Gasteiger partial charge in [0.15, 0.2) is 0 Å². The number of ether oxygens (including phenoxy) is 1. The van der Waals surface area contributed by atoms with Gasteiger partial charge in [0.05, 0.1) is 17.1 Å². The van der Waals surface area contributed by atoms with Gasteiger partial charge >= 0.3 is 5.97 Å². The molecular formula is C19H11Br3ClNO4S. The Bertz CT molecular complexity index is 1130. The fourth-order valence-corrected chi connectivity index (χ4v) is 5.69. The molecule has 0 unspecified atom stereocenters. The van der Waals surface area contributed by atoms with Crippen molar-refractivity contribution in [1.82, 2.24) is 0 Å². The third-order valence-corrected chi connectivity index (χ3v) is 7.81. The summed E-state index contributed by atoms with van der Waals surface area (Å²) in [4.78, 5) is 24.9. The van der Waals surface area contributed by atoms with Crippen LogP contribution in [0.4, 0.5) is 5.00 Å².